The van der Waals surface area contributed by atoms with Crippen LogP contribution in [0.1, 0.15) is 23.7 Å². The normalized spacial score (nSPS) is 20.1. The summed E-state index contributed by atoms with van der Waals surface area (Å²) in [5, 5.41) is 12.7. The van der Waals surface area contributed by atoms with Crippen LogP contribution in [0.25, 0.3) is 0 Å². The molecule has 1 aliphatic heterocycles. The molecule has 0 aliphatic carbocycles. The maximum Gasteiger partial charge on any atom is 0.341 e. The molecule has 1 atom stereocenters. The van der Waals surface area contributed by atoms with Crippen molar-refractivity contribution in [3.8, 4) is 0 Å². The van der Waals surface area contributed by atoms with Gasteiger partial charge >= 0.3 is 5.97 Å². The van der Waals surface area contributed by atoms with Crippen molar-refractivity contribution >= 4 is 23.6 Å². The topological polar surface area (TPSA) is 92.5 Å². The molecule has 1 aromatic heterocycles. The quantitative estimate of drug-likeness (QED) is 0.732. The van der Waals surface area contributed by atoms with E-state index in [1.54, 1.807) is 6.92 Å². The first-order chi connectivity index (χ1) is 7.93. The Morgan fingerprint density at radius 1 is 1.53 bits per heavy atom. The molecule has 2 rings (SSSR count). The zero-order chi connectivity index (χ0) is 12.7. The number of hydrogen-bond donors (Lipinski definition) is 1. The summed E-state index contributed by atoms with van der Waals surface area (Å²) < 4.78 is 1.22. The molecule has 2 amide bonds. The number of carbonyl (C=O) groups is 3. The van der Waals surface area contributed by atoms with E-state index >= 15 is 0 Å². The van der Waals surface area contributed by atoms with Gasteiger partial charge in [-0.25, -0.2) is 9.69 Å². The Morgan fingerprint density at radius 2 is 2.18 bits per heavy atom. The van der Waals surface area contributed by atoms with E-state index < -0.39 is 17.8 Å². The van der Waals surface area contributed by atoms with E-state index in [2.05, 4.69) is 5.10 Å². The molecule has 1 fully saturated rings. The molecule has 0 bridgehead atoms. The van der Waals surface area contributed by atoms with Crippen LogP contribution >= 0.6 is 0 Å². The third kappa shape index (κ3) is 1.59. The Hall–Kier alpha value is -2.18. The number of amides is 2. The number of imide groups is 1. The van der Waals surface area contributed by atoms with Crippen LogP contribution in [0.15, 0.2) is 6.20 Å². The maximum absolute atomic E-state index is 11.8. The molecule has 0 saturated carbocycles. The number of anilines is 1. The first-order valence-corrected chi connectivity index (χ1v) is 5.05. The van der Waals surface area contributed by atoms with Gasteiger partial charge in [-0.3, -0.25) is 14.3 Å². The Labute approximate surface area is 96.6 Å². The molecule has 7 heteroatoms. The number of rotatable bonds is 2. The SMILES string of the molecule is CC1CC(=O)N(c2c(C(=O)O)cnn2C)C1=O. The van der Waals surface area contributed by atoms with Crippen molar-refractivity contribution in [2.24, 2.45) is 13.0 Å². The molecule has 7 nitrogen and oxygen atoms in total. The molecular formula is C10H11N3O4. The van der Waals surface area contributed by atoms with Crippen LogP contribution in [-0.4, -0.2) is 32.7 Å². The second kappa shape index (κ2) is 3.69. The second-order valence-corrected chi connectivity index (χ2v) is 3.98. The first-order valence-electron chi connectivity index (χ1n) is 5.05. The summed E-state index contributed by atoms with van der Waals surface area (Å²) >= 11 is 0. The van der Waals surface area contributed by atoms with Crippen LogP contribution in [-0.2, 0) is 16.6 Å². The third-order valence-electron chi connectivity index (χ3n) is 2.72. The number of carboxylic acid groups (broad SMARTS) is 1. The zero-order valence-corrected chi connectivity index (χ0v) is 9.38. The number of aromatic carboxylic acids is 1. The molecule has 90 valence electrons. The van der Waals surface area contributed by atoms with E-state index in [0.717, 1.165) is 11.1 Å². The fourth-order valence-electron chi connectivity index (χ4n) is 1.85. The van der Waals surface area contributed by atoms with Crippen molar-refractivity contribution in [3.05, 3.63) is 11.8 Å². The number of nitrogens with zero attached hydrogens (tertiary/aromatic N) is 3. The summed E-state index contributed by atoms with van der Waals surface area (Å²) in [4.78, 5) is 35.4. The van der Waals surface area contributed by atoms with Gasteiger partial charge in [0.05, 0.1) is 6.20 Å². The smallest absolute Gasteiger partial charge is 0.341 e. The summed E-state index contributed by atoms with van der Waals surface area (Å²) in [6.45, 7) is 1.64. The van der Waals surface area contributed by atoms with Crippen molar-refractivity contribution in [1.82, 2.24) is 9.78 Å². The fourth-order valence-corrected chi connectivity index (χ4v) is 1.85. The molecule has 1 saturated heterocycles. The maximum atomic E-state index is 11.8. The van der Waals surface area contributed by atoms with E-state index in [0.29, 0.717) is 0 Å². The van der Waals surface area contributed by atoms with Gasteiger partial charge in [-0.1, -0.05) is 6.92 Å². The van der Waals surface area contributed by atoms with Gasteiger partial charge in [0.2, 0.25) is 11.8 Å². The lowest BCUT2D eigenvalue weighted by Crippen LogP contribution is -2.33. The largest absolute Gasteiger partial charge is 0.477 e. The fraction of sp³-hybridized carbons (Fsp3) is 0.400. The van der Waals surface area contributed by atoms with Gasteiger partial charge < -0.3 is 5.11 Å². The highest BCUT2D eigenvalue weighted by molar-refractivity contribution is 6.22. The molecule has 1 N–H and O–H groups in total. The summed E-state index contributed by atoms with van der Waals surface area (Å²) in [5.74, 6) is -2.39. The second-order valence-electron chi connectivity index (χ2n) is 3.98. The average molecular weight is 237 g/mol. The monoisotopic (exact) mass is 237 g/mol. The Kier molecular flexibility index (Phi) is 2.45. The summed E-state index contributed by atoms with van der Waals surface area (Å²) in [5.41, 5.74) is -0.150. The molecule has 2 heterocycles. The first kappa shape index (κ1) is 11.3. The zero-order valence-electron chi connectivity index (χ0n) is 9.38. The molecule has 1 aliphatic rings. The predicted molar refractivity (Wildman–Crippen MR) is 56.4 cm³/mol. The Balaban J connectivity index is 2.54. The molecule has 0 radical (unpaired) electrons. The van der Waals surface area contributed by atoms with Crippen molar-refractivity contribution < 1.29 is 19.5 Å². The lowest BCUT2D eigenvalue weighted by atomic mass is 10.1. The number of carboxylic acids is 1. The van der Waals surface area contributed by atoms with E-state index in [-0.39, 0.29) is 23.7 Å². The van der Waals surface area contributed by atoms with Gasteiger partial charge in [-0.15, -0.1) is 0 Å². The van der Waals surface area contributed by atoms with E-state index in [1.165, 1.54) is 11.7 Å². The molecule has 0 aromatic carbocycles. The molecule has 1 aromatic rings. The van der Waals surface area contributed by atoms with Crippen LogP contribution in [0.2, 0.25) is 0 Å². The lowest BCUT2D eigenvalue weighted by Gasteiger charge is -2.15. The van der Waals surface area contributed by atoms with E-state index in [9.17, 15) is 14.4 Å². The van der Waals surface area contributed by atoms with Gasteiger partial charge in [0, 0.05) is 19.4 Å². The van der Waals surface area contributed by atoms with Crippen molar-refractivity contribution in [2.75, 3.05) is 4.90 Å². The third-order valence-corrected chi connectivity index (χ3v) is 2.72. The number of aromatic nitrogens is 2. The number of carbonyl (C=O) groups excluding carboxylic acids is 2. The van der Waals surface area contributed by atoms with E-state index in [4.69, 9.17) is 5.11 Å². The standard InChI is InChI=1S/C10H11N3O4/c1-5-3-7(14)13(9(5)15)8-6(10(16)17)4-11-12(8)2/h4-5H,3H2,1-2H3,(H,16,17). The van der Waals surface area contributed by atoms with Gasteiger partial charge in [-0.05, 0) is 0 Å². The van der Waals surface area contributed by atoms with Crippen LogP contribution in [0.3, 0.4) is 0 Å². The van der Waals surface area contributed by atoms with Gasteiger partial charge in [-0.2, -0.15) is 5.10 Å². The van der Waals surface area contributed by atoms with Crippen LogP contribution < -0.4 is 4.90 Å². The highest BCUT2D eigenvalue weighted by Crippen LogP contribution is 2.28. The Bertz CT molecular complexity index is 520. The highest BCUT2D eigenvalue weighted by Gasteiger charge is 2.40. The van der Waals surface area contributed by atoms with Crippen LogP contribution in [0.4, 0.5) is 5.82 Å². The minimum atomic E-state index is -1.21. The summed E-state index contributed by atoms with van der Waals surface area (Å²) in [6.07, 6.45) is 1.23. The predicted octanol–water partition coefficient (Wildman–Crippen LogP) is 0.0177. The summed E-state index contributed by atoms with van der Waals surface area (Å²) in [6, 6.07) is 0. The molecule has 17 heavy (non-hydrogen) atoms. The minimum Gasteiger partial charge on any atom is -0.477 e. The van der Waals surface area contributed by atoms with Gasteiger partial charge in [0.1, 0.15) is 5.56 Å². The lowest BCUT2D eigenvalue weighted by molar-refractivity contribution is -0.122. The molecular weight excluding hydrogens is 226 g/mol. The van der Waals surface area contributed by atoms with Crippen molar-refractivity contribution in [1.29, 1.82) is 0 Å². The minimum absolute atomic E-state index is 0.0249. The molecule has 0 spiro atoms. The van der Waals surface area contributed by atoms with Crippen LogP contribution in [0.5, 0.6) is 0 Å². The van der Waals surface area contributed by atoms with Gasteiger partial charge in [0.15, 0.2) is 5.82 Å². The Morgan fingerprint density at radius 3 is 2.65 bits per heavy atom. The highest BCUT2D eigenvalue weighted by atomic mass is 16.4. The van der Waals surface area contributed by atoms with Crippen LogP contribution in [0, 0.1) is 5.92 Å². The molecule has 1 unspecified atom stereocenters. The van der Waals surface area contributed by atoms with Gasteiger partial charge in [0.25, 0.3) is 0 Å². The summed E-state index contributed by atoms with van der Waals surface area (Å²) in [7, 11) is 1.49. The van der Waals surface area contributed by atoms with Crippen molar-refractivity contribution in [2.45, 2.75) is 13.3 Å². The number of aryl methyl sites for hydroxylation is 1. The number of hydrogen-bond acceptors (Lipinski definition) is 4. The van der Waals surface area contributed by atoms with Crippen molar-refractivity contribution in [3.63, 3.8) is 0 Å². The van der Waals surface area contributed by atoms with E-state index in [1.807, 2.05) is 0 Å². The average Bonchev–Trinajstić information content (AvgIpc) is 2.70.